The molecule has 1 atom stereocenters. The number of unbranched alkanes of at least 4 members (excludes halogenated alkanes) is 1. The Morgan fingerprint density at radius 3 is 2.55 bits per heavy atom. The van der Waals surface area contributed by atoms with E-state index in [9.17, 15) is 14.3 Å². The van der Waals surface area contributed by atoms with Gasteiger partial charge in [0.2, 0.25) is 0 Å². The van der Waals surface area contributed by atoms with E-state index in [1.165, 1.54) is 0 Å². The normalized spacial score (nSPS) is 11.8. The molecule has 0 aromatic carbocycles. The van der Waals surface area contributed by atoms with E-state index in [-0.39, 0.29) is 51.4 Å². The molecule has 0 heterocycles. The summed E-state index contributed by atoms with van der Waals surface area (Å²) in [5, 5.41) is 9.82. The molecule has 0 saturated carbocycles. The Morgan fingerprint density at radius 1 is 1.64 bits per heavy atom. The first-order valence-corrected chi connectivity index (χ1v) is 3.50. The first-order valence-electron chi connectivity index (χ1n) is 3.50. The number of hydrogen-bond donors (Lipinski definition) is 0. The average Bonchev–Trinajstić information content (AvgIpc) is 1.82. The molecule has 0 aliphatic heterocycles. The van der Waals surface area contributed by atoms with Crippen LogP contribution >= 0.6 is 0 Å². The van der Waals surface area contributed by atoms with Gasteiger partial charge in [-0.1, -0.05) is 19.8 Å². The van der Waals surface area contributed by atoms with Gasteiger partial charge in [0.1, 0.15) is 6.17 Å². The molecule has 0 N–H and O–H groups in total. The van der Waals surface area contributed by atoms with Crippen LogP contribution in [0.5, 0.6) is 0 Å². The van der Waals surface area contributed by atoms with Gasteiger partial charge in [0, 0.05) is 12.4 Å². The number of halogens is 1. The maximum atomic E-state index is 12.4. The standard InChI is InChI=1S/C7H13FO2.K/c1-2-3-4-6(8)5-7(9)10;/h6H,2-5H2,1H3,(H,9,10);/q;+1/p-1. The second-order valence-electron chi connectivity index (χ2n) is 2.32. The summed E-state index contributed by atoms with van der Waals surface area (Å²) in [5.41, 5.74) is 0. The molecule has 0 aromatic heterocycles. The zero-order valence-corrected chi connectivity index (χ0v) is 10.2. The quantitative estimate of drug-likeness (QED) is 0.451. The number of alkyl halides is 1. The fourth-order valence-electron chi connectivity index (χ4n) is 0.709. The molecule has 0 aliphatic carbocycles. The van der Waals surface area contributed by atoms with Gasteiger partial charge in [0.05, 0.1) is 0 Å². The van der Waals surface area contributed by atoms with E-state index < -0.39 is 18.6 Å². The summed E-state index contributed by atoms with van der Waals surface area (Å²) in [6.45, 7) is 1.94. The first-order chi connectivity index (χ1) is 4.66. The number of carboxylic acid groups (broad SMARTS) is 1. The number of carbonyl (C=O) groups is 1. The van der Waals surface area contributed by atoms with Gasteiger partial charge in [0.15, 0.2) is 0 Å². The number of carboxylic acids is 1. The monoisotopic (exact) mass is 186 g/mol. The van der Waals surface area contributed by atoms with Gasteiger partial charge < -0.3 is 9.90 Å². The van der Waals surface area contributed by atoms with Gasteiger partial charge in [-0.25, -0.2) is 4.39 Å². The Labute approximate surface area is 109 Å². The smallest absolute Gasteiger partial charge is 0.550 e. The molecule has 0 aromatic rings. The molecular formula is C7H12FKO2. The summed E-state index contributed by atoms with van der Waals surface area (Å²) in [4.78, 5) is 9.82. The minimum Gasteiger partial charge on any atom is -0.550 e. The third-order valence-corrected chi connectivity index (χ3v) is 1.26. The van der Waals surface area contributed by atoms with E-state index in [0.717, 1.165) is 12.8 Å². The van der Waals surface area contributed by atoms with Crippen LogP contribution in [0.15, 0.2) is 0 Å². The van der Waals surface area contributed by atoms with Crippen molar-refractivity contribution >= 4 is 5.97 Å². The fraction of sp³-hybridized carbons (Fsp3) is 0.857. The van der Waals surface area contributed by atoms with Crippen LogP contribution in [0.3, 0.4) is 0 Å². The van der Waals surface area contributed by atoms with Crippen LogP contribution in [0.4, 0.5) is 4.39 Å². The topological polar surface area (TPSA) is 40.1 Å². The van der Waals surface area contributed by atoms with Crippen LogP contribution in [0, 0.1) is 0 Å². The van der Waals surface area contributed by atoms with Gasteiger partial charge in [-0.3, -0.25) is 0 Å². The van der Waals surface area contributed by atoms with Crippen molar-refractivity contribution in [3.8, 4) is 0 Å². The van der Waals surface area contributed by atoms with Crippen LogP contribution in [-0.4, -0.2) is 12.1 Å². The predicted molar refractivity (Wildman–Crippen MR) is 34.0 cm³/mol. The van der Waals surface area contributed by atoms with Crippen molar-refractivity contribution in [2.24, 2.45) is 0 Å². The van der Waals surface area contributed by atoms with Crippen LogP contribution in [0.25, 0.3) is 0 Å². The molecule has 60 valence electrons. The zero-order chi connectivity index (χ0) is 7.98. The second-order valence-corrected chi connectivity index (χ2v) is 2.32. The summed E-state index contributed by atoms with van der Waals surface area (Å²) in [6.07, 6.45) is 0.303. The third kappa shape index (κ3) is 11.0. The molecule has 11 heavy (non-hydrogen) atoms. The summed E-state index contributed by atoms with van der Waals surface area (Å²) in [6, 6.07) is 0. The Bertz CT molecular complexity index is 109. The minimum absolute atomic E-state index is 0. The molecular weight excluding hydrogens is 174 g/mol. The summed E-state index contributed by atoms with van der Waals surface area (Å²) in [5.74, 6) is -1.30. The molecule has 0 fully saturated rings. The van der Waals surface area contributed by atoms with Gasteiger partial charge in [-0.05, 0) is 6.42 Å². The summed E-state index contributed by atoms with van der Waals surface area (Å²) in [7, 11) is 0. The Kier molecular flexibility index (Phi) is 12.1. The Balaban J connectivity index is 0. The van der Waals surface area contributed by atoms with Crippen molar-refractivity contribution in [3.05, 3.63) is 0 Å². The van der Waals surface area contributed by atoms with Crippen LogP contribution in [0.1, 0.15) is 32.6 Å². The van der Waals surface area contributed by atoms with Crippen molar-refractivity contribution in [3.63, 3.8) is 0 Å². The Morgan fingerprint density at radius 2 is 2.18 bits per heavy atom. The third-order valence-electron chi connectivity index (χ3n) is 1.26. The van der Waals surface area contributed by atoms with Crippen molar-refractivity contribution < 1.29 is 65.7 Å². The van der Waals surface area contributed by atoms with Crippen molar-refractivity contribution in [2.45, 2.75) is 38.8 Å². The van der Waals surface area contributed by atoms with Gasteiger partial charge >= 0.3 is 51.4 Å². The molecule has 0 aliphatic rings. The van der Waals surface area contributed by atoms with E-state index in [0.29, 0.717) is 6.42 Å². The van der Waals surface area contributed by atoms with E-state index in [1.54, 1.807) is 0 Å². The van der Waals surface area contributed by atoms with Crippen molar-refractivity contribution in [1.29, 1.82) is 0 Å². The van der Waals surface area contributed by atoms with E-state index >= 15 is 0 Å². The molecule has 0 saturated heterocycles. The molecule has 0 bridgehead atoms. The minimum atomic E-state index is -1.30. The van der Waals surface area contributed by atoms with Crippen molar-refractivity contribution in [2.75, 3.05) is 0 Å². The zero-order valence-electron chi connectivity index (χ0n) is 7.10. The molecule has 2 nitrogen and oxygen atoms in total. The summed E-state index contributed by atoms with van der Waals surface area (Å²) >= 11 is 0. The number of hydrogen-bond acceptors (Lipinski definition) is 2. The predicted octanol–water partition coefficient (Wildman–Crippen LogP) is -2.34. The van der Waals surface area contributed by atoms with Crippen LogP contribution < -0.4 is 56.5 Å². The average molecular weight is 186 g/mol. The van der Waals surface area contributed by atoms with E-state index in [1.807, 2.05) is 6.92 Å². The number of rotatable bonds is 5. The number of aliphatic carboxylic acids is 1. The van der Waals surface area contributed by atoms with E-state index in [4.69, 9.17) is 0 Å². The van der Waals surface area contributed by atoms with Gasteiger partial charge in [0.25, 0.3) is 0 Å². The van der Waals surface area contributed by atoms with Gasteiger partial charge in [-0.2, -0.15) is 0 Å². The number of carbonyl (C=O) groups excluding carboxylic acids is 1. The second kappa shape index (κ2) is 9.13. The van der Waals surface area contributed by atoms with Crippen LogP contribution in [-0.2, 0) is 4.79 Å². The molecule has 1 unspecified atom stereocenters. The molecule has 0 spiro atoms. The largest absolute Gasteiger partial charge is 1.00 e. The molecule has 0 radical (unpaired) electrons. The molecule has 0 rings (SSSR count). The SMILES string of the molecule is CCCCC(F)CC(=O)[O-].[K+]. The first kappa shape index (κ1) is 14.6. The van der Waals surface area contributed by atoms with Gasteiger partial charge in [-0.15, -0.1) is 0 Å². The maximum absolute atomic E-state index is 12.4. The van der Waals surface area contributed by atoms with Crippen LogP contribution in [0.2, 0.25) is 0 Å². The maximum Gasteiger partial charge on any atom is 1.00 e. The summed E-state index contributed by atoms with van der Waals surface area (Å²) < 4.78 is 12.4. The molecule has 4 heteroatoms. The Hall–Kier alpha value is 1.04. The molecule has 0 amide bonds. The van der Waals surface area contributed by atoms with Crippen molar-refractivity contribution in [1.82, 2.24) is 0 Å². The fourth-order valence-corrected chi connectivity index (χ4v) is 0.709. The van der Waals surface area contributed by atoms with E-state index in [2.05, 4.69) is 0 Å².